The summed E-state index contributed by atoms with van der Waals surface area (Å²) >= 11 is 0. The van der Waals surface area contributed by atoms with Gasteiger partial charge in [-0.2, -0.15) is 0 Å². The molecule has 1 aromatic rings. The largest absolute Gasteiger partial charge is 0.390 e. The van der Waals surface area contributed by atoms with Crippen molar-refractivity contribution >= 4 is 6.08 Å². The van der Waals surface area contributed by atoms with Crippen LogP contribution in [0, 0.1) is 34.5 Å². The Hall–Kier alpha value is -1.12. The Bertz CT molecular complexity index is 796. The van der Waals surface area contributed by atoms with Gasteiger partial charge in [0.15, 0.2) is 0 Å². The first-order chi connectivity index (χ1) is 13.7. The van der Waals surface area contributed by atoms with Crippen molar-refractivity contribution in [1.82, 2.24) is 0 Å². The van der Waals surface area contributed by atoms with Crippen molar-refractivity contribution in [3.8, 4) is 0 Å². The van der Waals surface area contributed by atoms with Crippen molar-refractivity contribution in [3.63, 3.8) is 0 Å². The molecule has 4 aliphatic carbocycles. The zero-order valence-electron chi connectivity index (χ0n) is 18.4. The lowest BCUT2D eigenvalue weighted by molar-refractivity contribution is -0.146. The first-order valence-corrected chi connectivity index (χ1v) is 11.9. The number of fused-ring (bicyclic) bond motifs is 5. The molecule has 2 nitrogen and oxygen atoms in total. The number of rotatable bonds is 1. The standard InChI is InChI=1S/C27H38O2/c1-25-17-19(15-18-7-5-4-6-8-18)24(28)16-20(25)9-10-21-22(25)11-13-26(2)23(21)12-14-27(26,3)29/h4-8,15,20-24,28-29H,9-14,16-17H2,1-3H3/t20?,21?,22?,23?,24?,25?,26?,27-/m1/s1. The quantitative estimate of drug-likeness (QED) is 0.629. The molecule has 4 aliphatic rings. The van der Waals surface area contributed by atoms with Crippen molar-refractivity contribution in [2.24, 2.45) is 34.5 Å². The molecule has 4 fully saturated rings. The molecule has 0 saturated heterocycles. The smallest absolute Gasteiger partial charge is 0.0756 e. The average Bonchev–Trinajstić information content (AvgIpc) is 2.93. The van der Waals surface area contributed by atoms with Crippen LogP contribution >= 0.6 is 0 Å². The van der Waals surface area contributed by atoms with E-state index in [-0.39, 0.29) is 11.5 Å². The van der Waals surface area contributed by atoms with Crippen LogP contribution < -0.4 is 0 Å². The maximum Gasteiger partial charge on any atom is 0.0756 e. The van der Waals surface area contributed by atoms with E-state index in [2.05, 4.69) is 57.2 Å². The fraction of sp³-hybridized carbons (Fsp3) is 0.704. The van der Waals surface area contributed by atoms with E-state index in [1.54, 1.807) is 0 Å². The minimum absolute atomic E-state index is 0.0915. The Kier molecular flexibility index (Phi) is 4.57. The van der Waals surface area contributed by atoms with Crippen molar-refractivity contribution in [2.75, 3.05) is 0 Å². The van der Waals surface area contributed by atoms with E-state index in [4.69, 9.17) is 0 Å². The lowest BCUT2D eigenvalue weighted by Crippen LogP contribution is -2.56. The summed E-state index contributed by atoms with van der Waals surface area (Å²) in [5.74, 6) is 2.79. The molecule has 0 amide bonds. The average molecular weight is 395 g/mol. The predicted molar refractivity (Wildman–Crippen MR) is 118 cm³/mol. The summed E-state index contributed by atoms with van der Waals surface area (Å²) in [5.41, 5.74) is 2.33. The fourth-order valence-electron chi connectivity index (χ4n) is 8.33. The second-order valence-electron chi connectivity index (χ2n) is 11.5. The number of aliphatic hydroxyl groups excluding tert-OH is 1. The molecule has 5 rings (SSSR count). The van der Waals surface area contributed by atoms with Gasteiger partial charge >= 0.3 is 0 Å². The molecule has 8 atom stereocenters. The molecule has 7 unspecified atom stereocenters. The fourth-order valence-corrected chi connectivity index (χ4v) is 8.33. The Balaban J connectivity index is 1.46. The highest BCUT2D eigenvalue weighted by Gasteiger charge is 2.63. The predicted octanol–water partition coefficient (Wildman–Crippen LogP) is 5.83. The van der Waals surface area contributed by atoms with Gasteiger partial charge in [0.25, 0.3) is 0 Å². The summed E-state index contributed by atoms with van der Waals surface area (Å²) in [6.45, 7) is 7.01. The molecule has 4 saturated carbocycles. The molecule has 0 bridgehead atoms. The lowest BCUT2D eigenvalue weighted by atomic mass is 9.44. The highest BCUT2D eigenvalue weighted by molar-refractivity contribution is 5.54. The Labute approximate surface area is 176 Å². The van der Waals surface area contributed by atoms with Gasteiger partial charge in [-0.05, 0) is 104 Å². The topological polar surface area (TPSA) is 40.5 Å². The van der Waals surface area contributed by atoms with Gasteiger partial charge in [0, 0.05) is 0 Å². The molecule has 0 aliphatic heterocycles. The molecule has 0 aromatic heterocycles. The molecular formula is C27H38O2. The van der Waals surface area contributed by atoms with E-state index in [0.29, 0.717) is 17.3 Å². The third kappa shape index (κ3) is 2.89. The van der Waals surface area contributed by atoms with Crippen LogP contribution in [0.3, 0.4) is 0 Å². The summed E-state index contributed by atoms with van der Waals surface area (Å²) in [6, 6.07) is 10.5. The van der Waals surface area contributed by atoms with E-state index >= 15 is 0 Å². The van der Waals surface area contributed by atoms with Crippen molar-refractivity contribution in [1.29, 1.82) is 0 Å². The molecular weight excluding hydrogens is 356 g/mol. The van der Waals surface area contributed by atoms with E-state index in [9.17, 15) is 10.2 Å². The third-order valence-electron chi connectivity index (χ3n) is 10.3. The van der Waals surface area contributed by atoms with Gasteiger partial charge < -0.3 is 10.2 Å². The van der Waals surface area contributed by atoms with E-state index < -0.39 is 5.60 Å². The van der Waals surface area contributed by atoms with Crippen molar-refractivity contribution in [3.05, 3.63) is 41.5 Å². The summed E-state index contributed by atoms with van der Waals surface area (Å²) in [5, 5.41) is 22.1. The van der Waals surface area contributed by atoms with Gasteiger partial charge in [-0.25, -0.2) is 0 Å². The summed E-state index contributed by atoms with van der Waals surface area (Å²) in [4.78, 5) is 0. The SMILES string of the molecule is CC12CC(=Cc3ccccc3)C(O)CC1CCC1C2CCC2(C)C1CC[C@@]2(C)O. The minimum Gasteiger partial charge on any atom is -0.390 e. The van der Waals surface area contributed by atoms with Gasteiger partial charge in [-0.15, -0.1) is 0 Å². The molecule has 158 valence electrons. The highest BCUT2D eigenvalue weighted by Crippen LogP contribution is 2.68. The monoisotopic (exact) mass is 394 g/mol. The number of hydrogen-bond acceptors (Lipinski definition) is 2. The molecule has 1 aromatic carbocycles. The van der Waals surface area contributed by atoms with Crippen LogP contribution in [0.1, 0.15) is 77.7 Å². The molecule has 2 N–H and O–H groups in total. The van der Waals surface area contributed by atoms with E-state index in [1.807, 2.05) is 0 Å². The van der Waals surface area contributed by atoms with Crippen molar-refractivity contribution in [2.45, 2.75) is 83.8 Å². The maximum absolute atomic E-state index is 11.1. The van der Waals surface area contributed by atoms with Crippen LogP contribution in [0.25, 0.3) is 6.08 Å². The summed E-state index contributed by atoms with van der Waals surface area (Å²) in [7, 11) is 0. The second kappa shape index (κ2) is 6.69. The highest BCUT2D eigenvalue weighted by atomic mass is 16.3. The first-order valence-electron chi connectivity index (χ1n) is 11.9. The van der Waals surface area contributed by atoms with Crippen LogP contribution in [0.5, 0.6) is 0 Å². The third-order valence-corrected chi connectivity index (χ3v) is 10.3. The molecule has 0 spiro atoms. The lowest BCUT2D eigenvalue weighted by Gasteiger charge is -2.61. The first kappa shape index (κ1) is 19.8. The van der Waals surface area contributed by atoms with Crippen LogP contribution in [0.4, 0.5) is 0 Å². The normalized spacial score (nSPS) is 50.7. The maximum atomic E-state index is 11.1. The van der Waals surface area contributed by atoms with Gasteiger partial charge in [0.05, 0.1) is 11.7 Å². The number of aliphatic hydroxyl groups is 2. The minimum atomic E-state index is -0.498. The van der Waals surface area contributed by atoms with Gasteiger partial charge in [0.1, 0.15) is 0 Å². The van der Waals surface area contributed by atoms with Crippen LogP contribution in [0.15, 0.2) is 35.9 Å². The molecule has 0 heterocycles. The van der Waals surface area contributed by atoms with E-state index in [0.717, 1.165) is 37.5 Å². The van der Waals surface area contributed by atoms with Crippen LogP contribution in [-0.4, -0.2) is 21.9 Å². The second-order valence-corrected chi connectivity index (χ2v) is 11.5. The summed E-state index contributed by atoms with van der Waals surface area (Å²) in [6.07, 6.45) is 11.1. The zero-order valence-corrected chi connectivity index (χ0v) is 18.4. The van der Waals surface area contributed by atoms with E-state index in [1.165, 1.54) is 36.8 Å². The Morgan fingerprint density at radius 3 is 2.41 bits per heavy atom. The summed E-state index contributed by atoms with van der Waals surface area (Å²) < 4.78 is 0. The Morgan fingerprint density at radius 1 is 0.931 bits per heavy atom. The molecule has 29 heavy (non-hydrogen) atoms. The zero-order chi connectivity index (χ0) is 20.4. The van der Waals surface area contributed by atoms with Gasteiger partial charge in [-0.3, -0.25) is 0 Å². The number of hydrogen-bond donors (Lipinski definition) is 2. The molecule has 2 heteroatoms. The van der Waals surface area contributed by atoms with Gasteiger partial charge in [0.2, 0.25) is 0 Å². The molecule has 0 radical (unpaired) electrons. The van der Waals surface area contributed by atoms with Crippen LogP contribution in [0.2, 0.25) is 0 Å². The van der Waals surface area contributed by atoms with Crippen LogP contribution in [-0.2, 0) is 0 Å². The Morgan fingerprint density at radius 2 is 1.66 bits per heavy atom. The number of benzene rings is 1. The van der Waals surface area contributed by atoms with Gasteiger partial charge in [-0.1, -0.05) is 50.3 Å². The van der Waals surface area contributed by atoms with Crippen molar-refractivity contribution < 1.29 is 10.2 Å².